The molecule has 1 aromatic heterocycles. The first-order valence-electron chi connectivity index (χ1n) is 5.39. The van der Waals surface area contributed by atoms with E-state index in [1.54, 1.807) is 25.3 Å². The highest BCUT2D eigenvalue weighted by molar-refractivity contribution is 6.43. The van der Waals surface area contributed by atoms with E-state index in [4.69, 9.17) is 39.4 Å². The summed E-state index contributed by atoms with van der Waals surface area (Å²) in [6, 6.07) is 5.26. The van der Waals surface area contributed by atoms with E-state index in [9.17, 15) is 0 Å². The van der Waals surface area contributed by atoms with E-state index in [-0.39, 0.29) is 18.4 Å². The molecule has 19 heavy (non-hydrogen) atoms. The second kappa shape index (κ2) is 5.61. The molecule has 5 nitrogen and oxygen atoms in total. The summed E-state index contributed by atoms with van der Waals surface area (Å²) in [4.78, 5) is 8.08. The zero-order chi connectivity index (χ0) is 14.0. The fourth-order valence-corrected chi connectivity index (χ4v) is 2.17. The minimum Gasteiger partial charge on any atom is -0.383 e. The Morgan fingerprint density at radius 3 is 2.63 bits per heavy atom. The number of anilines is 2. The Hall–Kier alpha value is -1.56. The van der Waals surface area contributed by atoms with Crippen molar-refractivity contribution in [3.8, 4) is 11.1 Å². The van der Waals surface area contributed by atoms with E-state index in [0.717, 1.165) is 0 Å². The Bertz CT molecular complexity index is 619. The van der Waals surface area contributed by atoms with Gasteiger partial charge < -0.3 is 16.2 Å². The van der Waals surface area contributed by atoms with Crippen LogP contribution in [0, 0.1) is 0 Å². The molecule has 0 aliphatic heterocycles. The normalized spacial score (nSPS) is 10.7. The van der Waals surface area contributed by atoms with E-state index in [1.165, 1.54) is 0 Å². The van der Waals surface area contributed by atoms with Gasteiger partial charge in [0.1, 0.15) is 5.82 Å². The average Bonchev–Trinajstić information content (AvgIpc) is 2.34. The number of hydrogen-bond acceptors (Lipinski definition) is 5. The predicted octanol–water partition coefficient (Wildman–Crippen LogP) is 2.76. The van der Waals surface area contributed by atoms with Crippen molar-refractivity contribution in [3.05, 3.63) is 33.9 Å². The number of rotatable bonds is 3. The van der Waals surface area contributed by atoms with Gasteiger partial charge in [-0.15, -0.1) is 0 Å². The number of hydrogen-bond donors (Lipinski definition) is 2. The summed E-state index contributed by atoms with van der Waals surface area (Å²) in [6.45, 7) is 0.245. The SMILES string of the molecule is COCc1nc(N)nc(N)c1-c1cccc(Cl)c1Cl. The second-order valence-electron chi connectivity index (χ2n) is 3.82. The van der Waals surface area contributed by atoms with Gasteiger partial charge in [0.25, 0.3) is 0 Å². The molecule has 0 saturated heterocycles. The molecule has 0 radical (unpaired) electrons. The summed E-state index contributed by atoms with van der Waals surface area (Å²) >= 11 is 12.2. The molecule has 2 aromatic rings. The van der Waals surface area contributed by atoms with Crippen LogP contribution in [0.4, 0.5) is 11.8 Å². The van der Waals surface area contributed by atoms with Crippen LogP contribution in [0.1, 0.15) is 5.69 Å². The standard InChI is InChI=1S/C12H12Cl2N4O/c1-19-5-8-9(11(15)18-12(16)17-8)6-3-2-4-7(13)10(6)14/h2-4H,5H2,1H3,(H4,15,16,17,18). The highest BCUT2D eigenvalue weighted by Crippen LogP contribution is 2.37. The monoisotopic (exact) mass is 298 g/mol. The largest absolute Gasteiger partial charge is 0.383 e. The number of nitrogens with two attached hydrogens (primary N) is 2. The number of methoxy groups -OCH3 is 1. The van der Waals surface area contributed by atoms with Gasteiger partial charge in [0.2, 0.25) is 5.95 Å². The maximum atomic E-state index is 6.20. The molecule has 100 valence electrons. The first kappa shape index (κ1) is 13.9. The molecule has 4 N–H and O–H groups in total. The van der Waals surface area contributed by atoms with Gasteiger partial charge in [0.05, 0.1) is 22.3 Å². The van der Waals surface area contributed by atoms with Crippen molar-refractivity contribution in [2.24, 2.45) is 0 Å². The highest BCUT2D eigenvalue weighted by Gasteiger charge is 2.17. The van der Waals surface area contributed by atoms with Crippen LogP contribution in [-0.2, 0) is 11.3 Å². The van der Waals surface area contributed by atoms with Crippen molar-refractivity contribution in [1.29, 1.82) is 0 Å². The molecule has 7 heteroatoms. The van der Waals surface area contributed by atoms with E-state index in [1.807, 2.05) is 0 Å². The number of nitrogens with zero attached hydrogens (tertiary/aromatic N) is 2. The Balaban J connectivity index is 2.70. The van der Waals surface area contributed by atoms with E-state index < -0.39 is 0 Å². The van der Waals surface area contributed by atoms with Crippen LogP contribution in [0.15, 0.2) is 18.2 Å². The van der Waals surface area contributed by atoms with E-state index >= 15 is 0 Å². The Labute approximate surface area is 120 Å². The van der Waals surface area contributed by atoms with Crippen molar-refractivity contribution in [2.45, 2.75) is 6.61 Å². The number of ether oxygens (including phenoxy) is 1. The smallest absolute Gasteiger partial charge is 0.222 e. The summed E-state index contributed by atoms with van der Waals surface area (Å²) in [5.74, 6) is 0.329. The van der Waals surface area contributed by atoms with Crippen LogP contribution in [-0.4, -0.2) is 17.1 Å². The van der Waals surface area contributed by atoms with E-state index in [0.29, 0.717) is 26.9 Å². The molecule has 0 saturated carbocycles. The Morgan fingerprint density at radius 1 is 1.21 bits per heavy atom. The minimum absolute atomic E-state index is 0.0893. The number of aromatic nitrogens is 2. The summed E-state index contributed by atoms with van der Waals surface area (Å²) in [5, 5.41) is 0.820. The van der Waals surface area contributed by atoms with Crippen molar-refractivity contribution in [3.63, 3.8) is 0 Å². The van der Waals surface area contributed by atoms with Gasteiger partial charge in [-0.3, -0.25) is 0 Å². The van der Waals surface area contributed by atoms with Crippen LogP contribution in [0.2, 0.25) is 10.0 Å². The summed E-state index contributed by atoms with van der Waals surface area (Å²) < 4.78 is 5.09. The lowest BCUT2D eigenvalue weighted by Gasteiger charge is -2.13. The zero-order valence-corrected chi connectivity index (χ0v) is 11.7. The van der Waals surface area contributed by atoms with Gasteiger partial charge in [-0.25, -0.2) is 4.98 Å². The molecule has 0 bridgehead atoms. The molecule has 0 aliphatic carbocycles. The fourth-order valence-electron chi connectivity index (χ4n) is 1.78. The molecule has 0 fully saturated rings. The third kappa shape index (κ3) is 2.73. The van der Waals surface area contributed by atoms with Crippen LogP contribution in [0.25, 0.3) is 11.1 Å². The summed E-state index contributed by atoms with van der Waals surface area (Å²) in [7, 11) is 1.55. The number of nitrogen functional groups attached to an aromatic ring is 2. The van der Waals surface area contributed by atoms with Crippen molar-refractivity contribution >= 4 is 35.0 Å². The lowest BCUT2D eigenvalue weighted by Crippen LogP contribution is -2.07. The van der Waals surface area contributed by atoms with Gasteiger partial charge in [0.15, 0.2) is 0 Å². The molecule has 0 spiro atoms. The van der Waals surface area contributed by atoms with Crippen LogP contribution >= 0.6 is 23.2 Å². The second-order valence-corrected chi connectivity index (χ2v) is 4.61. The molecule has 0 unspecified atom stereocenters. The summed E-state index contributed by atoms with van der Waals surface area (Å²) in [6.07, 6.45) is 0. The molecule has 1 aromatic carbocycles. The van der Waals surface area contributed by atoms with Crippen molar-refractivity contribution in [2.75, 3.05) is 18.6 Å². The van der Waals surface area contributed by atoms with Crippen molar-refractivity contribution < 1.29 is 4.74 Å². The third-order valence-corrected chi connectivity index (χ3v) is 3.35. The van der Waals surface area contributed by atoms with Gasteiger partial charge in [-0.2, -0.15) is 4.98 Å². The molecule has 0 aliphatic rings. The topological polar surface area (TPSA) is 87.0 Å². The maximum Gasteiger partial charge on any atom is 0.222 e. The van der Waals surface area contributed by atoms with Crippen LogP contribution in [0.3, 0.4) is 0 Å². The lowest BCUT2D eigenvalue weighted by atomic mass is 10.0. The molecule has 0 atom stereocenters. The van der Waals surface area contributed by atoms with Crippen LogP contribution < -0.4 is 11.5 Å². The van der Waals surface area contributed by atoms with Crippen LogP contribution in [0.5, 0.6) is 0 Å². The Morgan fingerprint density at radius 2 is 1.95 bits per heavy atom. The third-order valence-electron chi connectivity index (χ3n) is 2.53. The highest BCUT2D eigenvalue weighted by atomic mass is 35.5. The number of halogens is 2. The van der Waals surface area contributed by atoms with Gasteiger partial charge in [0, 0.05) is 18.2 Å². The maximum absolute atomic E-state index is 6.20. The van der Waals surface area contributed by atoms with E-state index in [2.05, 4.69) is 9.97 Å². The Kier molecular flexibility index (Phi) is 4.09. The van der Waals surface area contributed by atoms with Gasteiger partial charge >= 0.3 is 0 Å². The molecule has 0 amide bonds. The average molecular weight is 299 g/mol. The lowest BCUT2D eigenvalue weighted by molar-refractivity contribution is 0.182. The molecule has 2 rings (SSSR count). The quantitative estimate of drug-likeness (QED) is 0.910. The molecular formula is C12H12Cl2N4O. The first-order chi connectivity index (χ1) is 9.04. The van der Waals surface area contributed by atoms with Crippen molar-refractivity contribution in [1.82, 2.24) is 9.97 Å². The fraction of sp³-hybridized carbons (Fsp3) is 0.167. The van der Waals surface area contributed by atoms with Gasteiger partial charge in [-0.1, -0.05) is 35.3 Å². The minimum atomic E-state index is 0.0893. The number of benzene rings is 1. The first-order valence-corrected chi connectivity index (χ1v) is 6.15. The predicted molar refractivity (Wildman–Crippen MR) is 77.0 cm³/mol. The summed E-state index contributed by atoms with van der Waals surface area (Å²) in [5.41, 5.74) is 13.3. The zero-order valence-electron chi connectivity index (χ0n) is 10.2. The molecular weight excluding hydrogens is 287 g/mol. The molecule has 1 heterocycles. The van der Waals surface area contributed by atoms with Gasteiger partial charge in [-0.05, 0) is 6.07 Å².